The van der Waals surface area contributed by atoms with Crippen molar-refractivity contribution in [1.29, 1.82) is 0 Å². The third kappa shape index (κ3) is 1.76. The van der Waals surface area contributed by atoms with Gasteiger partial charge in [0.15, 0.2) is 23.3 Å². The number of nitrogens with two attached hydrogens (primary N) is 1. The third-order valence-electron chi connectivity index (χ3n) is 2.15. The summed E-state index contributed by atoms with van der Waals surface area (Å²) in [6, 6.07) is 0. The van der Waals surface area contributed by atoms with Crippen molar-refractivity contribution < 1.29 is 27.1 Å². The van der Waals surface area contributed by atoms with E-state index in [4.69, 9.17) is 5.73 Å². The quantitative estimate of drug-likeness (QED) is 0.468. The highest BCUT2D eigenvalue weighted by molar-refractivity contribution is 5.29. The number of hydrogen-bond acceptors (Lipinski definition) is 2. The van der Waals surface area contributed by atoms with Crippen LogP contribution in [-0.2, 0) is 5.60 Å². The van der Waals surface area contributed by atoms with Crippen molar-refractivity contribution >= 4 is 0 Å². The van der Waals surface area contributed by atoms with E-state index in [1.165, 1.54) is 0 Å². The molecule has 0 amide bonds. The van der Waals surface area contributed by atoms with Crippen LogP contribution in [0.15, 0.2) is 0 Å². The van der Waals surface area contributed by atoms with Crippen molar-refractivity contribution in [2.45, 2.75) is 12.5 Å². The standard InChI is InChI=1S/C9H8F5NO/c1-9(16,2-15)3-4(10)6(12)8(14)7(13)5(3)11/h16H,2,15H2,1H3. The van der Waals surface area contributed by atoms with E-state index in [1.54, 1.807) is 0 Å². The number of halogens is 5. The van der Waals surface area contributed by atoms with Crippen LogP contribution in [0.5, 0.6) is 0 Å². The second-order valence-corrected chi connectivity index (χ2v) is 3.42. The molecule has 0 radical (unpaired) electrons. The van der Waals surface area contributed by atoms with Gasteiger partial charge in [0, 0.05) is 6.54 Å². The summed E-state index contributed by atoms with van der Waals surface area (Å²) in [7, 11) is 0. The van der Waals surface area contributed by atoms with E-state index in [-0.39, 0.29) is 0 Å². The van der Waals surface area contributed by atoms with Gasteiger partial charge >= 0.3 is 0 Å². The molecule has 1 unspecified atom stereocenters. The minimum atomic E-state index is -2.33. The summed E-state index contributed by atoms with van der Waals surface area (Å²) in [5.41, 5.74) is 1.34. The van der Waals surface area contributed by atoms with Crippen molar-refractivity contribution in [2.75, 3.05) is 6.54 Å². The molecule has 0 fully saturated rings. The lowest BCUT2D eigenvalue weighted by atomic mass is 9.94. The van der Waals surface area contributed by atoms with E-state index in [2.05, 4.69) is 0 Å². The average molecular weight is 241 g/mol. The molecule has 3 N–H and O–H groups in total. The highest BCUT2D eigenvalue weighted by Gasteiger charge is 2.35. The lowest BCUT2D eigenvalue weighted by Crippen LogP contribution is -2.34. The van der Waals surface area contributed by atoms with E-state index >= 15 is 0 Å². The Labute approximate surface area is 87.5 Å². The predicted molar refractivity (Wildman–Crippen MR) is 44.9 cm³/mol. The van der Waals surface area contributed by atoms with Crippen molar-refractivity contribution in [1.82, 2.24) is 0 Å². The summed E-state index contributed by atoms with van der Waals surface area (Å²) in [5, 5.41) is 9.44. The zero-order valence-electron chi connectivity index (χ0n) is 8.12. The Bertz CT molecular complexity index is 403. The van der Waals surface area contributed by atoms with Crippen LogP contribution in [0, 0.1) is 29.1 Å². The summed E-state index contributed by atoms with van der Waals surface area (Å²) in [6.45, 7) is 0.163. The van der Waals surface area contributed by atoms with Crippen LogP contribution in [0.2, 0.25) is 0 Å². The van der Waals surface area contributed by atoms with Gasteiger partial charge in [-0.25, -0.2) is 22.0 Å². The minimum absolute atomic E-state index is 0.689. The van der Waals surface area contributed by atoms with E-state index < -0.39 is 46.8 Å². The predicted octanol–water partition coefficient (Wildman–Crippen LogP) is 1.55. The van der Waals surface area contributed by atoms with Crippen molar-refractivity contribution in [3.05, 3.63) is 34.6 Å². The number of aliphatic hydroxyl groups is 1. The van der Waals surface area contributed by atoms with Gasteiger partial charge in [-0.05, 0) is 6.92 Å². The summed E-state index contributed by atoms with van der Waals surface area (Å²) in [6.07, 6.45) is 0. The first-order valence-electron chi connectivity index (χ1n) is 4.18. The molecule has 0 aliphatic carbocycles. The largest absolute Gasteiger partial charge is 0.384 e. The molecule has 0 bridgehead atoms. The third-order valence-corrected chi connectivity index (χ3v) is 2.15. The highest BCUT2D eigenvalue weighted by Crippen LogP contribution is 2.30. The Morgan fingerprint density at radius 2 is 1.25 bits per heavy atom. The molecule has 0 aliphatic heterocycles. The van der Waals surface area contributed by atoms with Crippen LogP contribution in [0.25, 0.3) is 0 Å². The smallest absolute Gasteiger partial charge is 0.200 e. The van der Waals surface area contributed by atoms with Gasteiger partial charge in [-0.15, -0.1) is 0 Å². The summed E-state index contributed by atoms with van der Waals surface area (Å²) < 4.78 is 64.5. The molecule has 0 aliphatic rings. The first-order chi connectivity index (χ1) is 7.24. The maximum absolute atomic E-state index is 13.1. The zero-order valence-corrected chi connectivity index (χ0v) is 8.12. The van der Waals surface area contributed by atoms with Gasteiger partial charge in [0.1, 0.15) is 5.60 Å². The number of hydrogen-bond donors (Lipinski definition) is 2. The summed E-state index contributed by atoms with van der Waals surface area (Å²) >= 11 is 0. The molecule has 1 rings (SSSR count). The maximum Gasteiger partial charge on any atom is 0.200 e. The van der Waals surface area contributed by atoms with E-state index in [9.17, 15) is 27.1 Å². The van der Waals surface area contributed by atoms with Crippen LogP contribution in [0.1, 0.15) is 12.5 Å². The monoisotopic (exact) mass is 241 g/mol. The molecule has 0 saturated carbocycles. The molecule has 1 atom stereocenters. The van der Waals surface area contributed by atoms with Crippen LogP contribution >= 0.6 is 0 Å². The molecule has 0 heterocycles. The second-order valence-electron chi connectivity index (χ2n) is 3.42. The summed E-state index contributed by atoms with van der Waals surface area (Å²) in [4.78, 5) is 0. The van der Waals surface area contributed by atoms with Gasteiger partial charge in [0.25, 0.3) is 0 Å². The van der Waals surface area contributed by atoms with Crippen LogP contribution in [0.4, 0.5) is 22.0 Å². The van der Waals surface area contributed by atoms with Gasteiger partial charge < -0.3 is 10.8 Å². The molecule has 16 heavy (non-hydrogen) atoms. The Hall–Kier alpha value is -1.21. The molecule has 1 aromatic carbocycles. The fourth-order valence-electron chi connectivity index (χ4n) is 1.18. The van der Waals surface area contributed by atoms with E-state index in [0.29, 0.717) is 0 Å². The van der Waals surface area contributed by atoms with Gasteiger partial charge in [0.05, 0.1) is 5.56 Å². The molecule has 0 spiro atoms. The first kappa shape index (κ1) is 12.9. The van der Waals surface area contributed by atoms with Gasteiger partial charge in [-0.2, -0.15) is 0 Å². The molecule has 0 aromatic heterocycles. The van der Waals surface area contributed by atoms with Crippen LogP contribution in [0.3, 0.4) is 0 Å². The van der Waals surface area contributed by atoms with Gasteiger partial charge in [-0.3, -0.25) is 0 Å². The Kier molecular flexibility index (Phi) is 3.20. The van der Waals surface area contributed by atoms with Gasteiger partial charge in [0.2, 0.25) is 5.82 Å². The average Bonchev–Trinajstić information content (AvgIpc) is 2.23. The topological polar surface area (TPSA) is 46.2 Å². The lowest BCUT2D eigenvalue weighted by molar-refractivity contribution is 0.0563. The number of benzene rings is 1. The van der Waals surface area contributed by atoms with E-state index in [0.717, 1.165) is 6.92 Å². The van der Waals surface area contributed by atoms with Crippen molar-refractivity contribution in [3.8, 4) is 0 Å². The molecule has 2 nitrogen and oxygen atoms in total. The van der Waals surface area contributed by atoms with Gasteiger partial charge in [-0.1, -0.05) is 0 Å². The van der Waals surface area contributed by atoms with Crippen LogP contribution in [-0.4, -0.2) is 11.7 Å². The normalized spacial score (nSPS) is 15.0. The summed E-state index contributed by atoms with van der Waals surface area (Å²) in [5.74, 6) is -10.6. The maximum atomic E-state index is 13.1. The molecule has 0 saturated heterocycles. The number of rotatable bonds is 2. The Morgan fingerprint density at radius 1 is 0.938 bits per heavy atom. The second kappa shape index (κ2) is 3.99. The first-order valence-corrected chi connectivity index (χ1v) is 4.18. The fraction of sp³-hybridized carbons (Fsp3) is 0.333. The molecule has 7 heteroatoms. The fourth-order valence-corrected chi connectivity index (χ4v) is 1.18. The highest BCUT2D eigenvalue weighted by atomic mass is 19.2. The minimum Gasteiger partial charge on any atom is -0.384 e. The van der Waals surface area contributed by atoms with Crippen molar-refractivity contribution in [3.63, 3.8) is 0 Å². The SMILES string of the molecule is CC(O)(CN)c1c(F)c(F)c(F)c(F)c1F. The zero-order chi connectivity index (χ0) is 12.7. The Morgan fingerprint density at radius 3 is 1.56 bits per heavy atom. The molecule has 1 aromatic rings. The van der Waals surface area contributed by atoms with Crippen molar-refractivity contribution in [2.24, 2.45) is 5.73 Å². The lowest BCUT2D eigenvalue weighted by Gasteiger charge is -2.23. The molecular weight excluding hydrogens is 233 g/mol. The molecule has 90 valence electrons. The van der Waals surface area contributed by atoms with Crippen LogP contribution < -0.4 is 5.73 Å². The Balaban J connectivity index is 3.65. The van der Waals surface area contributed by atoms with E-state index in [1.807, 2.05) is 0 Å². The molecular formula is C9H8F5NO.